The van der Waals surface area contributed by atoms with Crippen molar-refractivity contribution in [1.82, 2.24) is 9.88 Å². The number of methoxy groups -OCH3 is 1. The number of carbonyl (C=O) groups is 1. The number of benzene rings is 2. The van der Waals surface area contributed by atoms with E-state index >= 15 is 0 Å². The molecule has 0 atom stereocenters. The van der Waals surface area contributed by atoms with Crippen molar-refractivity contribution in [1.29, 1.82) is 0 Å². The number of hydrogen-bond donors (Lipinski definition) is 1. The van der Waals surface area contributed by atoms with Crippen molar-refractivity contribution in [3.05, 3.63) is 64.8 Å². The summed E-state index contributed by atoms with van der Waals surface area (Å²) in [5.41, 5.74) is 5.15. The molecule has 1 N–H and O–H groups in total. The summed E-state index contributed by atoms with van der Waals surface area (Å²) < 4.78 is 11.7. The molecule has 2 aromatic carbocycles. The third kappa shape index (κ3) is 3.10. The minimum Gasteiger partial charge on any atom is -0.497 e. The first-order valence-electron chi connectivity index (χ1n) is 10.3. The molecular weight excluding hydrogens is 364 g/mol. The Morgan fingerprint density at radius 3 is 2.76 bits per heavy atom. The lowest BCUT2D eigenvalue weighted by atomic mass is 9.79. The van der Waals surface area contributed by atoms with Gasteiger partial charge in [0.15, 0.2) is 0 Å². The van der Waals surface area contributed by atoms with Crippen LogP contribution in [-0.4, -0.2) is 42.6 Å². The van der Waals surface area contributed by atoms with Gasteiger partial charge in [-0.3, -0.25) is 4.79 Å². The molecule has 1 saturated heterocycles. The minimum absolute atomic E-state index is 0.0690. The highest BCUT2D eigenvalue weighted by atomic mass is 16.5. The number of fused-ring (bicyclic) bond motifs is 3. The molecule has 1 spiro atoms. The normalized spacial score (nSPS) is 18.1. The van der Waals surface area contributed by atoms with Crippen molar-refractivity contribution in [2.75, 3.05) is 26.8 Å². The summed E-state index contributed by atoms with van der Waals surface area (Å²) in [6.07, 6.45) is 2.54. The molecule has 1 fully saturated rings. The van der Waals surface area contributed by atoms with Gasteiger partial charge in [0.25, 0.3) is 5.91 Å². The number of aromatic nitrogens is 1. The number of ether oxygens (including phenoxy) is 2. The van der Waals surface area contributed by atoms with Crippen LogP contribution >= 0.6 is 0 Å². The number of nitrogens with zero attached hydrogens (tertiary/aromatic N) is 1. The fourth-order valence-electron chi connectivity index (χ4n) is 4.80. The third-order valence-corrected chi connectivity index (χ3v) is 6.42. The first-order chi connectivity index (χ1) is 14.1. The minimum atomic E-state index is -0.284. The fraction of sp³-hybridized carbons (Fsp3) is 0.375. The van der Waals surface area contributed by atoms with E-state index in [1.165, 1.54) is 16.7 Å². The molecule has 3 aromatic rings. The molecule has 1 aromatic heterocycles. The first kappa shape index (κ1) is 18.3. The highest BCUT2D eigenvalue weighted by Gasteiger charge is 2.42. The van der Waals surface area contributed by atoms with Gasteiger partial charge in [-0.1, -0.05) is 17.7 Å². The van der Waals surface area contributed by atoms with Gasteiger partial charge in [-0.2, -0.15) is 0 Å². The van der Waals surface area contributed by atoms with Crippen LogP contribution in [0.25, 0.3) is 10.9 Å². The topological polar surface area (TPSA) is 54.6 Å². The van der Waals surface area contributed by atoms with Crippen molar-refractivity contribution in [2.45, 2.75) is 31.8 Å². The van der Waals surface area contributed by atoms with Gasteiger partial charge in [-0.05, 0) is 67.6 Å². The van der Waals surface area contributed by atoms with E-state index in [1.807, 2.05) is 23.1 Å². The van der Waals surface area contributed by atoms with E-state index in [0.717, 1.165) is 42.5 Å². The van der Waals surface area contributed by atoms with E-state index in [1.54, 1.807) is 7.11 Å². The third-order valence-electron chi connectivity index (χ3n) is 6.42. The van der Waals surface area contributed by atoms with Crippen LogP contribution in [0.1, 0.15) is 40.0 Å². The van der Waals surface area contributed by atoms with E-state index in [-0.39, 0.29) is 11.5 Å². The van der Waals surface area contributed by atoms with Crippen LogP contribution in [0, 0.1) is 6.92 Å². The molecule has 0 unspecified atom stereocenters. The summed E-state index contributed by atoms with van der Waals surface area (Å²) >= 11 is 0. The zero-order chi connectivity index (χ0) is 20.0. The Balaban J connectivity index is 1.36. The van der Waals surface area contributed by atoms with Gasteiger partial charge < -0.3 is 19.4 Å². The summed E-state index contributed by atoms with van der Waals surface area (Å²) in [4.78, 5) is 18.3. The molecule has 1 amide bonds. The molecule has 0 radical (unpaired) electrons. The number of nitrogens with one attached hydrogen (secondary N) is 1. The summed E-state index contributed by atoms with van der Waals surface area (Å²) in [5, 5.41) is 1.08. The van der Waals surface area contributed by atoms with Crippen LogP contribution in [-0.2, 0) is 16.8 Å². The number of amides is 1. The standard InChI is InChI=1S/C24H26N2O3/c1-16-3-6-21-18(13-16)15-22(25-21)23(27)26-10-8-24(9-11-26)20-5-4-19(28-2)14-17(20)7-12-29-24/h3-6,13-15,25H,7-12H2,1-2H3. The monoisotopic (exact) mass is 390 g/mol. The van der Waals surface area contributed by atoms with Crippen molar-refractivity contribution in [3.8, 4) is 5.75 Å². The van der Waals surface area contributed by atoms with Gasteiger partial charge in [0, 0.05) is 24.0 Å². The maximum Gasteiger partial charge on any atom is 0.270 e. The Kier molecular flexibility index (Phi) is 4.36. The molecule has 5 rings (SSSR count). The Labute approximate surface area is 170 Å². The highest BCUT2D eigenvalue weighted by Crippen LogP contribution is 2.42. The van der Waals surface area contributed by atoms with Gasteiger partial charge in [-0.25, -0.2) is 0 Å². The average molecular weight is 390 g/mol. The van der Waals surface area contributed by atoms with E-state index in [4.69, 9.17) is 9.47 Å². The number of hydrogen-bond acceptors (Lipinski definition) is 3. The van der Waals surface area contributed by atoms with Crippen LogP contribution in [0.5, 0.6) is 5.75 Å². The van der Waals surface area contributed by atoms with Crippen LogP contribution in [0.4, 0.5) is 0 Å². The number of rotatable bonds is 2. The van der Waals surface area contributed by atoms with Gasteiger partial charge in [-0.15, -0.1) is 0 Å². The summed E-state index contributed by atoms with van der Waals surface area (Å²) in [7, 11) is 1.70. The zero-order valence-corrected chi connectivity index (χ0v) is 17.0. The van der Waals surface area contributed by atoms with Crippen LogP contribution in [0.2, 0.25) is 0 Å². The van der Waals surface area contributed by atoms with E-state index in [2.05, 4.69) is 36.2 Å². The predicted octanol–water partition coefficient (Wildman–Crippen LogP) is 4.19. The number of H-pyrrole nitrogens is 1. The first-order valence-corrected chi connectivity index (χ1v) is 10.3. The predicted molar refractivity (Wildman–Crippen MR) is 113 cm³/mol. The molecule has 3 heterocycles. The van der Waals surface area contributed by atoms with Crippen molar-refractivity contribution >= 4 is 16.8 Å². The fourth-order valence-corrected chi connectivity index (χ4v) is 4.80. The van der Waals surface area contributed by atoms with E-state index < -0.39 is 0 Å². The second-order valence-electron chi connectivity index (χ2n) is 8.18. The summed E-state index contributed by atoms with van der Waals surface area (Å²) in [6.45, 7) is 4.17. The van der Waals surface area contributed by atoms with Gasteiger partial charge in [0.05, 0.1) is 19.3 Å². The molecular formula is C24H26N2O3. The van der Waals surface area contributed by atoms with Crippen molar-refractivity contribution in [2.24, 2.45) is 0 Å². The lowest BCUT2D eigenvalue weighted by Crippen LogP contribution is -2.48. The second-order valence-corrected chi connectivity index (χ2v) is 8.18. The second kappa shape index (κ2) is 6.92. The number of carbonyl (C=O) groups excluding carboxylic acids is 1. The van der Waals surface area contributed by atoms with Crippen molar-refractivity contribution in [3.63, 3.8) is 0 Å². The summed E-state index contributed by atoms with van der Waals surface area (Å²) in [6, 6.07) is 14.5. The SMILES string of the molecule is COc1ccc2c(c1)CCOC21CCN(C(=O)c2cc3cc(C)ccc3[nH]2)CC1. The number of piperidine rings is 1. The zero-order valence-electron chi connectivity index (χ0n) is 17.0. The molecule has 5 heteroatoms. The largest absolute Gasteiger partial charge is 0.497 e. The Hall–Kier alpha value is -2.79. The molecule has 0 bridgehead atoms. The number of aromatic amines is 1. The Morgan fingerprint density at radius 1 is 1.14 bits per heavy atom. The van der Waals surface area contributed by atoms with Crippen LogP contribution in [0.15, 0.2) is 42.5 Å². The Bertz CT molecular complexity index is 1080. The number of aryl methyl sites for hydroxylation is 1. The molecule has 0 saturated carbocycles. The van der Waals surface area contributed by atoms with E-state index in [0.29, 0.717) is 18.8 Å². The van der Waals surface area contributed by atoms with Gasteiger partial charge in [0.2, 0.25) is 0 Å². The maximum absolute atomic E-state index is 13.1. The maximum atomic E-state index is 13.1. The molecule has 150 valence electrons. The van der Waals surface area contributed by atoms with Gasteiger partial charge in [0.1, 0.15) is 11.4 Å². The smallest absolute Gasteiger partial charge is 0.270 e. The van der Waals surface area contributed by atoms with Crippen LogP contribution < -0.4 is 4.74 Å². The lowest BCUT2D eigenvalue weighted by molar-refractivity contribution is -0.0935. The van der Waals surface area contributed by atoms with E-state index in [9.17, 15) is 4.79 Å². The molecule has 2 aliphatic heterocycles. The summed E-state index contributed by atoms with van der Waals surface area (Å²) in [5.74, 6) is 0.960. The number of likely N-dealkylation sites (tertiary alicyclic amines) is 1. The van der Waals surface area contributed by atoms with Gasteiger partial charge >= 0.3 is 0 Å². The average Bonchev–Trinajstić information content (AvgIpc) is 3.17. The highest BCUT2D eigenvalue weighted by molar-refractivity contribution is 5.98. The molecule has 0 aliphatic carbocycles. The quantitative estimate of drug-likeness (QED) is 0.714. The molecule has 5 nitrogen and oxygen atoms in total. The molecule has 29 heavy (non-hydrogen) atoms. The van der Waals surface area contributed by atoms with Crippen LogP contribution in [0.3, 0.4) is 0 Å². The molecule has 2 aliphatic rings. The Morgan fingerprint density at radius 2 is 1.97 bits per heavy atom. The lowest BCUT2D eigenvalue weighted by Gasteiger charge is -2.45. The van der Waals surface area contributed by atoms with Crippen molar-refractivity contribution < 1.29 is 14.3 Å².